The van der Waals surface area contributed by atoms with Crippen molar-refractivity contribution < 1.29 is 15.0 Å². The van der Waals surface area contributed by atoms with Gasteiger partial charge in [0.25, 0.3) is 0 Å². The van der Waals surface area contributed by atoms with Gasteiger partial charge in [-0.2, -0.15) is 0 Å². The molecule has 1 heterocycles. The monoisotopic (exact) mass is 348 g/mol. The van der Waals surface area contributed by atoms with E-state index in [0.29, 0.717) is 10.2 Å². The Labute approximate surface area is 141 Å². The van der Waals surface area contributed by atoms with Crippen LogP contribution in [0.5, 0.6) is 0 Å². The van der Waals surface area contributed by atoms with E-state index in [0.717, 1.165) is 39.5 Å². The Morgan fingerprint density at radius 2 is 2.00 bits per heavy atom. The Hall–Kier alpha value is -2.02. The lowest BCUT2D eigenvalue weighted by Crippen LogP contribution is -1.97. The van der Waals surface area contributed by atoms with E-state index in [1.54, 1.807) is 6.07 Å². The lowest BCUT2D eigenvalue weighted by Gasteiger charge is -2.05. The van der Waals surface area contributed by atoms with Crippen molar-refractivity contribution in [3.63, 3.8) is 0 Å². The normalized spacial score (nSPS) is 11.0. The highest BCUT2D eigenvalue weighted by Gasteiger charge is 2.11. The Bertz CT molecular complexity index is 862. The number of carboxylic acid groups (broad SMARTS) is 1. The number of fused-ring (bicyclic) bond motifs is 1. The van der Waals surface area contributed by atoms with Gasteiger partial charge in [0, 0.05) is 5.56 Å². The first kappa shape index (κ1) is 15.9. The van der Waals surface area contributed by atoms with E-state index in [9.17, 15) is 4.79 Å². The summed E-state index contributed by atoms with van der Waals surface area (Å²) >= 11 is 7.48. The van der Waals surface area contributed by atoms with Crippen LogP contribution in [-0.4, -0.2) is 31.9 Å². The third kappa shape index (κ3) is 3.50. The Kier molecular flexibility index (Phi) is 4.56. The Balaban J connectivity index is 1.97. The molecule has 0 aliphatic rings. The number of imidazole rings is 1. The largest absolute Gasteiger partial charge is 0.481 e. The number of halogens is 1. The molecule has 3 aromatic rings. The van der Waals surface area contributed by atoms with Crippen LogP contribution in [-0.2, 0) is 11.4 Å². The van der Waals surface area contributed by atoms with Crippen molar-refractivity contribution in [3.05, 3.63) is 47.0 Å². The molecule has 0 aliphatic carbocycles. The predicted octanol–water partition coefficient (Wildman–Crippen LogP) is 3.55. The number of carboxylic acids is 1. The van der Waals surface area contributed by atoms with E-state index < -0.39 is 5.97 Å². The second-order valence-electron chi connectivity index (χ2n) is 4.93. The highest BCUT2D eigenvalue weighted by molar-refractivity contribution is 7.99. The zero-order valence-electron chi connectivity index (χ0n) is 11.9. The van der Waals surface area contributed by atoms with Gasteiger partial charge in [-0.05, 0) is 23.3 Å². The van der Waals surface area contributed by atoms with E-state index >= 15 is 0 Å². The Morgan fingerprint density at radius 3 is 2.65 bits per heavy atom. The van der Waals surface area contributed by atoms with Gasteiger partial charge in [-0.25, -0.2) is 4.98 Å². The lowest BCUT2D eigenvalue weighted by molar-refractivity contribution is -0.133. The number of aromatic nitrogens is 2. The van der Waals surface area contributed by atoms with Crippen molar-refractivity contribution in [3.8, 4) is 11.1 Å². The number of rotatable bonds is 5. The molecule has 0 amide bonds. The average Bonchev–Trinajstić information content (AvgIpc) is 2.94. The second kappa shape index (κ2) is 6.62. The van der Waals surface area contributed by atoms with Crippen molar-refractivity contribution >= 4 is 40.4 Å². The van der Waals surface area contributed by atoms with Crippen LogP contribution in [0.25, 0.3) is 22.2 Å². The van der Waals surface area contributed by atoms with Gasteiger partial charge in [0.2, 0.25) is 0 Å². The first-order chi connectivity index (χ1) is 11.1. The minimum Gasteiger partial charge on any atom is -0.481 e. The van der Waals surface area contributed by atoms with Crippen molar-refractivity contribution in [2.24, 2.45) is 0 Å². The Morgan fingerprint density at radius 1 is 1.26 bits per heavy atom. The maximum absolute atomic E-state index is 10.6. The van der Waals surface area contributed by atoms with Gasteiger partial charge in [-0.1, -0.05) is 47.6 Å². The summed E-state index contributed by atoms with van der Waals surface area (Å²) in [6.45, 7) is -0.00340. The molecule has 3 rings (SSSR count). The number of nitrogens with zero attached hydrogens (tertiary/aromatic N) is 1. The van der Waals surface area contributed by atoms with Crippen LogP contribution >= 0.6 is 23.4 Å². The summed E-state index contributed by atoms with van der Waals surface area (Å²) in [6, 6.07) is 11.1. The summed E-state index contributed by atoms with van der Waals surface area (Å²) < 4.78 is 0. The van der Waals surface area contributed by atoms with Crippen LogP contribution in [0.1, 0.15) is 5.56 Å². The third-order valence-corrected chi connectivity index (χ3v) is 4.50. The van der Waals surface area contributed by atoms with E-state index in [2.05, 4.69) is 9.97 Å². The number of carbonyl (C=O) groups is 1. The molecular weight excluding hydrogens is 336 g/mol. The van der Waals surface area contributed by atoms with Crippen molar-refractivity contribution in [2.75, 3.05) is 5.75 Å². The summed E-state index contributed by atoms with van der Waals surface area (Å²) in [5.41, 5.74) is 4.09. The molecule has 0 fully saturated rings. The van der Waals surface area contributed by atoms with Crippen LogP contribution in [0.4, 0.5) is 0 Å². The fourth-order valence-corrected chi connectivity index (χ4v) is 3.09. The number of aliphatic carboxylic acids is 1. The van der Waals surface area contributed by atoms with Crippen LogP contribution in [0.3, 0.4) is 0 Å². The summed E-state index contributed by atoms with van der Waals surface area (Å²) in [5, 5.41) is 19.0. The first-order valence-corrected chi connectivity index (χ1v) is 8.17. The van der Waals surface area contributed by atoms with Crippen LogP contribution in [0, 0.1) is 0 Å². The molecule has 0 saturated carbocycles. The molecule has 0 saturated heterocycles. The standard InChI is InChI=1S/C16H13ClN2O3S/c17-12-6-14-13(18-16(19-14)23-8-15(21)22)5-11(12)10-3-1-9(7-20)2-4-10/h1-6,20H,7-8H2,(H,18,19)(H,21,22). The second-order valence-corrected chi connectivity index (χ2v) is 6.30. The van der Waals surface area contributed by atoms with E-state index in [1.165, 1.54) is 0 Å². The van der Waals surface area contributed by atoms with Gasteiger partial charge in [0.05, 0.1) is 28.4 Å². The number of benzene rings is 2. The number of thioether (sulfide) groups is 1. The number of aliphatic hydroxyl groups is 1. The van der Waals surface area contributed by atoms with Crippen LogP contribution in [0.2, 0.25) is 5.02 Å². The topological polar surface area (TPSA) is 86.2 Å². The zero-order chi connectivity index (χ0) is 16.4. The van der Waals surface area contributed by atoms with Gasteiger partial charge in [-0.15, -0.1) is 0 Å². The quantitative estimate of drug-likeness (QED) is 0.614. The van der Waals surface area contributed by atoms with Crippen LogP contribution in [0.15, 0.2) is 41.6 Å². The molecule has 118 valence electrons. The molecule has 1 aromatic heterocycles. The number of aromatic amines is 1. The van der Waals surface area contributed by atoms with Crippen molar-refractivity contribution in [1.29, 1.82) is 0 Å². The summed E-state index contributed by atoms with van der Waals surface area (Å²) in [4.78, 5) is 18.1. The van der Waals surface area contributed by atoms with Gasteiger partial charge in [0.1, 0.15) is 0 Å². The predicted molar refractivity (Wildman–Crippen MR) is 90.8 cm³/mol. The van der Waals surface area contributed by atoms with E-state index in [4.69, 9.17) is 21.8 Å². The van der Waals surface area contributed by atoms with Gasteiger partial charge >= 0.3 is 5.97 Å². The summed E-state index contributed by atoms with van der Waals surface area (Å²) in [6.07, 6.45) is 0. The third-order valence-electron chi connectivity index (χ3n) is 3.33. The average molecular weight is 349 g/mol. The molecule has 0 unspecified atom stereocenters. The maximum Gasteiger partial charge on any atom is 0.313 e. The molecule has 0 aliphatic heterocycles. The molecule has 0 atom stereocenters. The molecule has 2 aromatic carbocycles. The zero-order valence-corrected chi connectivity index (χ0v) is 13.5. The van der Waals surface area contributed by atoms with Gasteiger partial charge < -0.3 is 15.2 Å². The molecule has 5 nitrogen and oxygen atoms in total. The smallest absolute Gasteiger partial charge is 0.313 e. The molecule has 3 N–H and O–H groups in total. The molecule has 23 heavy (non-hydrogen) atoms. The maximum atomic E-state index is 10.6. The summed E-state index contributed by atoms with van der Waals surface area (Å²) in [7, 11) is 0. The fourth-order valence-electron chi connectivity index (χ4n) is 2.22. The van der Waals surface area contributed by atoms with Crippen molar-refractivity contribution in [1.82, 2.24) is 9.97 Å². The number of hydrogen-bond donors (Lipinski definition) is 3. The minimum absolute atomic E-state index is 0.00340. The van der Waals surface area contributed by atoms with Crippen molar-refractivity contribution in [2.45, 2.75) is 11.8 Å². The van der Waals surface area contributed by atoms with E-state index in [1.807, 2.05) is 30.3 Å². The van der Waals surface area contributed by atoms with Crippen LogP contribution < -0.4 is 0 Å². The molecule has 7 heteroatoms. The number of nitrogens with one attached hydrogen (secondary N) is 1. The number of aliphatic hydroxyl groups excluding tert-OH is 1. The molecule has 0 spiro atoms. The SMILES string of the molecule is O=C(O)CSc1nc2cc(-c3ccc(CO)cc3)c(Cl)cc2[nH]1. The number of H-pyrrole nitrogens is 1. The fraction of sp³-hybridized carbons (Fsp3) is 0.125. The number of hydrogen-bond acceptors (Lipinski definition) is 4. The highest BCUT2D eigenvalue weighted by atomic mass is 35.5. The van der Waals surface area contributed by atoms with Gasteiger partial charge in [0.15, 0.2) is 5.16 Å². The lowest BCUT2D eigenvalue weighted by atomic mass is 10.0. The first-order valence-electron chi connectivity index (χ1n) is 6.81. The molecule has 0 bridgehead atoms. The van der Waals surface area contributed by atoms with E-state index in [-0.39, 0.29) is 12.4 Å². The summed E-state index contributed by atoms with van der Waals surface area (Å²) in [5.74, 6) is -0.943. The molecule has 0 radical (unpaired) electrons. The highest BCUT2D eigenvalue weighted by Crippen LogP contribution is 2.32. The molecular formula is C16H13ClN2O3S. The van der Waals surface area contributed by atoms with Gasteiger partial charge in [-0.3, -0.25) is 4.79 Å². The minimum atomic E-state index is -0.891.